The average molecular weight is 447 g/mol. The van der Waals surface area contributed by atoms with Gasteiger partial charge >= 0.3 is 5.97 Å². The molecule has 0 radical (unpaired) electrons. The van der Waals surface area contributed by atoms with E-state index in [4.69, 9.17) is 10.5 Å². The van der Waals surface area contributed by atoms with Crippen molar-refractivity contribution in [2.75, 3.05) is 17.7 Å². The topological polar surface area (TPSA) is 142 Å². The fraction of sp³-hybridized carbons (Fsp3) is 0.222. The van der Waals surface area contributed by atoms with Gasteiger partial charge in [0.15, 0.2) is 0 Å². The second-order valence-corrected chi connectivity index (χ2v) is 7.85. The number of primary amides is 1. The average Bonchev–Trinajstić information content (AvgIpc) is 3.31. The van der Waals surface area contributed by atoms with E-state index < -0.39 is 17.8 Å². The minimum Gasteiger partial charge on any atom is -0.462 e. The normalized spacial score (nSPS) is 10.6. The van der Waals surface area contributed by atoms with Crippen molar-refractivity contribution >= 4 is 45.9 Å². The maximum atomic E-state index is 12.5. The Morgan fingerprint density at radius 2 is 2.00 bits per heavy atom. The molecule has 0 aliphatic heterocycles. The van der Waals surface area contributed by atoms with Crippen LogP contribution in [0.15, 0.2) is 35.5 Å². The summed E-state index contributed by atoms with van der Waals surface area (Å²) in [7, 11) is 0. The number of anilines is 1. The number of thiophene rings is 1. The number of carbonyl (C=O) groups excluding carboxylic acids is 3. The number of benzene rings is 1. The number of nitrogens with zero attached hydrogens (tertiary/aromatic N) is 4. The number of aromatic nitrogens is 4. The van der Waals surface area contributed by atoms with Crippen molar-refractivity contribution in [2.45, 2.75) is 19.0 Å². The molecule has 12 heteroatoms. The Kier molecular flexibility index (Phi) is 6.79. The minimum atomic E-state index is -0.681. The standard InChI is InChI=1S/C18H18N6O4S2/c1-3-28-17(27)13-10(2)14(15(19)26)30-16(13)20-12(25)9-29-18-21-22-23-24(18)11-7-5-4-6-8-11/h4-8H,3,9H2,1-2H3,(H2,19,26)(H,20,25). The zero-order valence-corrected chi connectivity index (χ0v) is 17.7. The summed E-state index contributed by atoms with van der Waals surface area (Å²) in [5.74, 6) is -1.72. The van der Waals surface area contributed by atoms with Crippen LogP contribution in [0.3, 0.4) is 0 Å². The molecule has 0 fully saturated rings. The molecule has 156 valence electrons. The van der Waals surface area contributed by atoms with Crippen molar-refractivity contribution in [1.82, 2.24) is 20.2 Å². The first kappa shape index (κ1) is 21.5. The van der Waals surface area contributed by atoms with Crippen LogP contribution >= 0.6 is 23.1 Å². The molecule has 0 spiro atoms. The molecule has 0 bridgehead atoms. The van der Waals surface area contributed by atoms with Crippen LogP contribution in [-0.4, -0.2) is 50.4 Å². The second kappa shape index (κ2) is 9.50. The SMILES string of the molecule is CCOC(=O)c1c(NC(=O)CSc2nnnn2-c2ccccc2)sc(C(N)=O)c1C. The molecule has 30 heavy (non-hydrogen) atoms. The predicted octanol–water partition coefficient (Wildman–Crippen LogP) is 2.04. The number of esters is 1. The zero-order chi connectivity index (χ0) is 21.7. The summed E-state index contributed by atoms with van der Waals surface area (Å²) in [6.07, 6.45) is 0. The van der Waals surface area contributed by atoms with Gasteiger partial charge in [0.1, 0.15) is 5.00 Å². The van der Waals surface area contributed by atoms with E-state index in [9.17, 15) is 14.4 Å². The molecule has 3 aromatic rings. The van der Waals surface area contributed by atoms with Crippen LogP contribution in [-0.2, 0) is 9.53 Å². The van der Waals surface area contributed by atoms with Gasteiger partial charge in [0.2, 0.25) is 11.1 Å². The van der Waals surface area contributed by atoms with Crippen molar-refractivity contribution in [3.63, 3.8) is 0 Å². The van der Waals surface area contributed by atoms with E-state index >= 15 is 0 Å². The summed E-state index contributed by atoms with van der Waals surface area (Å²) >= 11 is 2.07. The van der Waals surface area contributed by atoms with Crippen LogP contribution in [0.2, 0.25) is 0 Å². The summed E-state index contributed by atoms with van der Waals surface area (Å²) in [6, 6.07) is 9.26. The third-order valence-corrected chi connectivity index (χ3v) is 6.02. The van der Waals surface area contributed by atoms with Crippen molar-refractivity contribution in [3.05, 3.63) is 46.3 Å². The molecule has 0 saturated heterocycles. The smallest absolute Gasteiger partial charge is 0.341 e. The number of thioether (sulfide) groups is 1. The van der Waals surface area contributed by atoms with E-state index in [0.29, 0.717) is 10.7 Å². The van der Waals surface area contributed by atoms with Crippen LogP contribution in [0.5, 0.6) is 0 Å². The first-order valence-electron chi connectivity index (χ1n) is 8.79. The Labute approximate surface area is 179 Å². The highest BCUT2D eigenvalue weighted by molar-refractivity contribution is 7.99. The highest BCUT2D eigenvalue weighted by Crippen LogP contribution is 2.33. The van der Waals surface area contributed by atoms with Crippen LogP contribution in [0.1, 0.15) is 32.5 Å². The van der Waals surface area contributed by atoms with Crippen LogP contribution in [0.25, 0.3) is 5.69 Å². The van der Waals surface area contributed by atoms with Crippen LogP contribution in [0, 0.1) is 6.92 Å². The molecule has 0 aliphatic rings. The lowest BCUT2D eigenvalue weighted by Gasteiger charge is -2.07. The van der Waals surface area contributed by atoms with Gasteiger partial charge in [-0.3, -0.25) is 9.59 Å². The van der Waals surface area contributed by atoms with Crippen molar-refractivity contribution in [1.29, 1.82) is 0 Å². The molecule has 3 rings (SSSR count). The number of hydrogen-bond acceptors (Lipinski definition) is 9. The molecule has 0 unspecified atom stereocenters. The van der Waals surface area contributed by atoms with Gasteiger partial charge in [0.05, 0.1) is 28.5 Å². The van der Waals surface area contributed by atoms with Gasteiger partial charge in [-0.15, -0.1) is 16.4 Å². The molecule has 2 aromatic heterocycles. The highest BCUT2D eigenvalue weighted by atomic mass is 32.2. The zero-order valence-electron chi connectivity index (χ0n) is 16.1. The molecule has 2 heterocycles. The quantitative estimate of drug-likeness (QED) is 0.395. The lowest BCUT2D eigenvalue weighted by atomic mass is 10.1. The Balaban J connectivity index is 1.75. The van der Waals surface area contributed by atoms with E-state index in [1.807, 2.05) is 30.3 Å². The second-order valence-electron chi connectivity index (χ2n) is 5.89. The molecule has 0 aliphatic carbocycles. The summed E-state index contributed by atoms with van der Waals surface area (Å²) < 4.78 is 6.55. The first-order chi connectivity index (χ1) is 14.4. The number of amides is 2. The lowest BCUT2D eigenvalue weighted by Crippen LogP contribution is -2.17. The van der Waals surface area contributed by atoms with Gasteiger partial charge in [0, 0.05) is 0 Å². The summed E-state index contributed by atoms with van der Waals surface area (Å²) in [4.78, 5) is 36.6. The number of nitrogens with one attached hydrogen (secondary N) is 1. The van der Waals surface area contributed by atoms with Gasteiger partial charge in [-0.25, -0.2) is 4.79 Å². The number of tetrazole rings is 1. The summed E-state index contributed by atoms with van der Waals surface area (Å²) in [6.45, 7) is 3.41. The molecular weight excluding hydrogens is 428 g/mol. The third-order valence-electron chi connectivity index (χ3n) is 3.88. The Morgan fingerprint density at radius 3 is 2.67 bits per heavy atom. The Bertz CT molecular complexity index is 1080. The van der Waals surface area contributed by atoms with E-state index in [1.54, 1.807) is 13.8 Å². The number of hydrogen-bond donors (Lipinski definition) is 2. The third kappa shape index (κ3) is 4.66. The molecule has 3 N–H and O–H groups in total. The van der Waals surface area contributed by atoms with Gasteiger partial charge in [-0.05, 0) is 42.0 Å². The lowest BCUT2D eigenvalue weighted by molar-refractivity contribution is -0.113. The van der Waals surface area contributed by atoms with Gasteiger partial charge in [-0.1, -0.05) is 30.0 Å². The van der Waals surface area contributed by atoms with Gasteiger partial charge < -0.3 is 15.8 Å². The largest absolute Gasteiger partial charge is 0.462 e. The maximum Gasteiger partial charge on any atom is 0.341 e. The Hall–Kier alpha value is -3.25. The van der Waals surface area contributed by atoms with Crippen molar-refractivity contribution in [3.8, 4) is 5.69 Å². The van der Waals surface area contributed by atoms with E-state index in [-0.39, 0.29) is 27.8 Å². The summed E-state index contributed by atoms with van der Waals surface area (Å²) in [5, 5.41) is 14.8. The fourth-order valence-corrected chi connectivity index (χ4v) is 4.33. The van der Waals surface area contributed by atoms with Crippen LogP contribution < -0.4 is 11.1 Å². The first-order valence-corrected chi connectivity index (χ1v) is 10.6. The predicted molar refractivity (Wildman–Crippen MR) is 112 cm³/mol. The van der Waals surface area contributed by atoms with E-state index in [0.717, 1.165) is 28.8 Å². The van der Waals surface area contributed by atoms with E-state index in [2.05, 4.69) is 20.8 Å². The maximum absolute atomic E-state index is 12.5. The number of ether oxygens (including phenoxy) is 1. The fourth-order valence-electron chi connectivity index (χ4n) is 2.58. The molecule has 0 saturated carbocycles. The molecule has 2 amide bonds. The van der Waals surface area contributed by atoms with Gasteiger partial charge in [-0.2, -0.15) is 4.68 Å². The van der Waals surface area contributed by atoms with E-state index in [1.165, 1.54) is 4.68 Å². The number of para-hydroxylation sites is 1. The Morgan fingerprint density at radius 1 is 1.27 bits per heavy atom. The van der Waals surface area contributed by atoms with Crippen LogP contribution in [0.4, 0.5) is 5.00 Å². The monoisotopic (exact) mass is 446 g/mol. The van der Waals surface area contributed by atoms with Gasteiger partial charge in [0.25, 0.3) is 5.91 Å². The number of rotatable bonds is 8. The van der Waals surface area contributed by atoms with Crippen molar-refractivity contribution in [2.24, 2.45) is 5.73 Å². The summed E-state index contributed by atoms with van der Waals surface area (Å²) in [5.41, 5.74) is 6.64. The number of nitrogens with two attached hydrogens (primary N) is 1. The molecule has 1 aromatic carbocycles. The minimum absolute atomic E-state index is 0.0156. The number of carbonyl (C=O) groups is 3. The molecule has 10 nitrogen and oxygen atoms in total. The molecule has 0 atom stereocenters. The molecular formula is C18H18N6O4S2. The van der Waals surface area contributed by atoms with Crippen molar-refractivity contribution < 1.29 is 19.1 Å². The highest BCUT2D eigenvalue weighted by Gasteiger charge is 2.25.